The molecule has 118 valence electrons. The maximum absolute atomic E-state index is 9.83. The zero-order chi connectivity index (χ0) is 16.1. The Kier molecular flexibility index (Phi) is 11.5. The summed E-state index contributed by atoms with van der Waals surface area (Å²) in [5, 5.41) is 41.6. The normalized spacial score (nSPS) is 10.8. The maximum atomic E-state index is 9.83. The van der Waals surface area contributed by atoms with Crippen LogP contribution in [0.4, 0.5) is 0 Å². The first-order chi connectivity index (χ1) is 9.18. The minimum Gasteiger partial charge on any atom is -0.394 e. The number of aliphatic hydroxyl groups is 2. The number of aliphatic hydroxyl groups excluding tert-OH is 2. The number of rotatable bonds is 9. The van der Waals surface area contributed by atoms with Crippen molar-refractivity contribution in [1.82, 2.24) is 0 Å². The Hall–Kier alpha value is -2.48. The molecule has 0 spiro atoms. The van der Waals surface area contributed by atoms with Crippen LogP contribution in [0, 0.1) is 30.3 Å². The van der Waals surface area contributed by atoms with Gasteiger partial charge in [0.05, 0.1) is 12.7 Å². The van der Waals surface area contributed by atoms with Crippen LogP contribution in [0.2, 0.25) is 0 Å². The minimum absolute atomic E-state index is 0.139. The number of hydrogen-bond donors (Lipinski definition) is 2. The molecule has 0 saturated carbocycles. The number of nitrogens with zero attached hydrogens (tertiary/aromatic N) is 3. The Morgan fingerprint density at radius 1 is 1.00 bits per heavy atom. The first kappa shape index (κ1) is 19.9. The van der Waals surface area contributed by atoms with Crippen molar-refractivity contribution in [2.45, 2.75) is 19.1 Å². The first-order valence-corrected chi connectivity index (χ1v) is 4.83. The molecule has 0 radical (unpaired) electrons. The van der Waals surface area contributed by atoms with Crippen LogP contribution < -0.4 is 0 Å². The van der Waals surface area contributed by atoms with Gasteiger partial charge < -0.3 is 24.7 Å². The molecule has 20 heavy (non-hydrogen) atoms. The Morgan fingerprint density at radius 3 is 1.55 bits per heavy atom. The molecule has 14 heteroatoms. The molecule has 14 nitrogen and oxygen atoms in total. The van der Waals surface area contributed by atoms with Crippen LogP contribution in [0.25, 0.3) is 0 Å². The van der Waals surface area contributed by atoms with E-state index in [9.17, 15) is 30.3 Å². The molecule has 0 bridgehead atoms. The van der Waals surface area contributed by atoms with E-state index in [0.29, 0.717) is 0 Å². The van der Waals surface area contributed by atoms with Gasteiger partial charge in [-0.1, -0.05) is 0 Å². The predicted octanol–water partition coefficient (Wildman–Crippen LogP) is -1.66. The highest BCUT2D eigenvalue weighted by Gasteiger charge is 2.17. The van der Waals surface area contributed by atoms with Crippen molar-refractivity contribution in [3.8, 4) is 0 Å². The molecule has 0 saturated heterocycles. The van der Waals surface area contributed by atoms with E-state index in [2.05, 4.69) is 14.5 Å². The quantitative estimate of drug-likeness (QED) is 0.365. The molecule has 0 rings (SSSR count). The molecule has 1 atom stereocenters. The summed E-state index contributed by atoms with van der Waals surface area (Å²) in [4.78, 5) is 40.5. The monoisotopic (exact) mass is 303 g/mol. The lowest BCUT2D eigenvalue weighted by atomic mass is 10.4. The van der Waals surface area contributed by atoms with E-state index in [1.165, 1.54) is 6.92 Å². The molecular formula is C6H13N3O11. The molecule has 0 amide bonds. The van der Waals surface area contributed by atoms with E-state index in [4.69, 9.17) is 10.2 Å². The van der Waals surface area contributed by atoms with Gasteiger partial charge in [-0.15, -0.1) is 30.3 Å². The summed E-state index contributed by atoms with van der Waals surface area (Å²) in [6.07, 6.45) is -2.11. The molecule has 0 aliphatic heterocycles. The fourth-order valence-corrected chi connectivity index (χ4v) is 0.519. The van der Waals surface area contributed by atoms with Gasteiger partial charge in [0.1, 0.15) is 13.2 Å². The molecular weight excluding hydrogens is 290 g/mol. The average Bonchev–Trinajstić information content (AvgIpc) is 2.32. The van der Waals surface area contributed by atoms with Crippen molar-refractivity contribution < 1.29 is 40.0 Å². The third-order valence-corrected chi connectivity index (χ3v) is 1.23. The molecule has 0 fully saturated rings. The van der Waals surface area contributed by atoms with Crippen molar-refractivity contribution >= 4 is 0 Å². The highest BCUT2D eigenvalue weighted by atomic mass is 17.0. The van der Waals surface area contributed by atoms with Crippen molar-refractivity contribution in [2.75, 3.05) is 19.8 Å². The molecule has 0 aliphatic carbocycles. The summed E-state index contributed by atoms with van der Waals surface area (Å²) in [6.45, 7) is -0.302. The molecule has 2 N–H and O–H groups in total. The Bertz CT molecular complexity index is 291. The van der Waals surface area contributed by atoms with Gasteiger partial charge in [0.25, 0.3) is 15.3 Å². The highest BCUT2D eigenvalue weighted by Crippen LogP contribution is 1.96. The van der Waals surface area contributed by atoms with Gasteiger partial charge >= 0.3 is 0 Å². The molecule has 0 aromatic rings. The smallest absolute Gasteiger partial charge is 0.294 e. The Labute approximate surface area is 110 Å². The van der Waals surface area contributed by atoms with Gasteiger partial charge in [0.15, 0.2) is 6.10 Å². The van der Waals surface area contributed by atoms with Gasteiger partial charge in [-0.25, -0.2) is 0 Å². The summed E-state index contributed by atoms with van der Waals surface area (Å²) >= 11 is 0. The number of hydrogen-bond acceptors (Lipinski definition) is 11. The zero-order valence-electron chi connectivity index (χ0n) is 10.2. The third-order valence-electron chi connectivity index (χ3n) is 1.23. The van der Waals surface area contributed by atoms with Crippen molar-refractivity contribution in [3.05, 3.63) is 30.3 Å². The lowest BCUT2D eigenvalue weighted by Crippen LogP contribution is -2.30. The fourth-order valence-electron chi connectivity index (χ4n) is 0.519. The van der Waals surface area contributed by atoms with Crippen LogP contribution in [0.5, 0.6) is 0 Å². The molecule has 0 aromatic carbocycles. The fraction of sp³-hybridized carbons (Fsp3) is 1.00. The van der Waals surface area contributed by atoms with Crippen LogP contribution >= 0.6 is 0 Å². The van der Waals surface area contributed by atoms with Gasteiger partial charge in [-0.3, -0.25) is 0 Å². The zero-order valence-corrected chi connectivity index (χ0v) is 10.2. The summed E-state index contributed by atoms with van der Waals surface area (Å²) in [6, 6.07) is 0. The Morgan fingerprint density at radius 2 is 1.35 bits per heavy atom. The first-order valence-electron chi connectivity index (χ1n) is 4.83. The standard InChI is InChI=1S/C3H5N3O9.C3H8O2/c7-4(8)13-1-3(15-6(11)12)2-14-5(9)10;1-3(5)2-4/h3H,1-2H2;3-5H,2H2,1H3. The lowest BCUT2D eigenvalue weighted by Gasteiger charge is -2.11. The van der Waals surface area contributed by atoms with Crippen molar-refractivity contribution in [2.24, 2.45) is 0 Å². The van der Waals surface area contributed by atoms with E-state index < -0.39 is 40.7 Å². The second-order valence-corrected chi connectivity index (χ2v) is 3.02. The van der Waals surface area contributed by atoms with Crippen LogP contribution in [0.1, 0.15) is 6.92 Å². The Balaban J connectivity index is 0. The largest absolute Gasteiger partial charge is 0.394 e. The van der Waals surface area contributed by atoms with E-state index >= 15 is 0 Å². The predicted molar refractivity (Wildman–Crippen MR) is 56.5 cm³/mol. The van der Waals surface area contributed by atoms with E-state index in [1.54, 1.807) is 0 Å². The van der Waals surface area contributed by atoms with Crippen LogP contribution in [-0.2, 0) is 14.5 Å². The summed E-state index contributed by atoms with van der Waals surface area (Å²) < 4.78 is 0. The lowest BCUT2D eigenvalue weighted by molar-refractivity contribution is -0.803. The van der Waals surface area contributed by atoms with Gasteiger partial charge in [-0.05, 0) is 6.92 Å². The summed E-state index contributed by atoms with van der Waals surface area (Å²) in [5.41, 5.74) is 0. The molecule has 0 aliphatic rings. The van der Waals surface area contributed by atoms with Gasteiger partial charge in [0.2, 0.25) is 0 Å². The second-order valence-electron chi connectivity index (χ2n) is 3.02. The SMILES string of the molecule is CC(O)CO.O=[N+]([O-])OCC(CO[N+](=O)[O-])O[N+](=O)[O-]. The van der Waals surface area contributed by atoms with Crippen LogP contribution in [-0.4, -0.2) is 57.5 Å². The highest BCUT2D eigenvalue weighted by molar-refractivity contribution is 4.49. The average molecular weight is 303 g/mol. The summed E-state index contributed by atoms with van der Waals surface area (Å²) in [5.74, 6) is 0. The van der Waals surface area contributed by atoms with E-state index in [1.807, 2.05) is 0 Å². The van der Waals surface area contributed by atoms with Gasteiger partial charge in [-0.2, -0.15) is 0 Å². The van der Waals surface area contributed by atoms with Crippen LogP contribution in [0.3, 0.4) is 0 Å². The molecule has 1 unspecified atom stereocenters. The van der Waals surface area contributed by atoms with Crippen molar-refractivity contribution in [1.29, 1.82) is 0 Å². The second kappa shape index (κ2) is 11.6. The minimum atomic E-state index is -1.55. The maximum Gasteiger partial charge on any atom is 0.294 e. The van der Waals surface area contributed by atoms with Gasteiger partial charge in [0, 0.05) is 0 Å². The molecule has 0 heterocycles. The summed E-state index contributed by atoms with van der Waals surface area (Å²) in [7, 11) is 0. The third kappa shape index (κ3) is 17.9. The van der Waals surface area contributed by atoms with E-state index in [0.717, 1.165) is 0 Å². The molecule has 0 aromatic heterocycles. The van der Waals surface area contributed by atoms with Crippen LogP contribution in [0.15, 0.2) is 0 Å². The topological polar surface area (TPSA) is 198 Å². The van der Waals surface area contributed by atoms with Crippen molar-refractivity contribution in [3.63, 3.8) is 0 Å². The van der Waals surface area contributed by atoms with E-state index in [-0.39, 0.29) is 6.61 Å².